The summed E-state index contributed by atoms with van der Waals surface area (Å²) < 4.78 is 53.6. The number of ether oxygens (including phenoxy) is 1. The van der Waals surface area contributed by atoms with Crippen LogP contribution in [0.3, 0.4) is 0 Å². The molecule has 8 N–H and O–H groups in total. The van der Waals surface area contributed by atoms with Gasteiger partial charge >= 0.3 is 15.4 Å². The highest BCUT2D eigenvalue weighted by Gasteiger charge is 2.76. The third-order valence-electron chi connectivity index (χ3n) is 9.93. The predicted octanol–water partition coefficient (Wildman–Crippen LogP) is -0.292. The number of aromatic nitrogens is 8. The molecule has 3 unspecified atom stereocenters. The van der Waals surface area contributed by atoms with Crippen LogP contribution in [0.1, 0.15) is 24.9 Å². The summed E-state index contributed by atoms with van der Waals surface area (Å²) in [6, 6.07) is -1.60. The highest BCUT2D eigenvalue weighted by Crippen LogP contribution is 2.77. The first-order valence-electron chi connectivity index (χ1n) is 14.3. The van der Waals surface area contributed by atoms with Crippen molar-refractivity contribution >= 4 is 49.5 Å². The number of phosphoric acid groups is 1. The quantitative estimate of drug-likeness (QED) is 0.151. The first-order valence-corrected chi connectivity index (χ1v) is 17.5. The minimum absolute atomic E-state index is 0.0158. The molecule has 246 valence electrons. The van der Waals surface area contributed by atoms with Gasteiger partial charge in [0, 0.05) is 18.4 Å². The summed E-state index contributed by atoms with van der Waals surface area (Å²) in [5, 5.41) is 11.7. The van der Waals surface area contributed by atoms with Gasteiger partial charge in [-0.25, -0.2) is 24.5 Å². The average Bonchev–Trinajstić information content (AvgIpc) is 3.34. The Hall–Kier alpha value is -3.32. The van der Waals surface area contributed by atoms with Gasteiger partial charge in [-0.1, -0.05) is 0 Å². The van der Waals surface area contributed by atoms with Gasteiger partial charge in [-0.05, 0) is 18.8 Å². The number of anilines is 2. The number of H-pyrrole nitrogens is 1. The normalized spacial score (nSPS) is 40.8. The van der Waals surface area contributed by atoms with E-state index in [1.165, 1.54) is 30.7 Å². The van der Waals surface area contributed by atoms with Gasteiger partial charge in [-0.3, -0.25) is 23.4 Å². The Morgan fingerprint density at radius 2 is 1.85 bits per heavy atom. The second kappa shape index (κ2) is 10.1. The van der Waals surface area contributed by atoms with Crippen molar-refractivity contribution in [3.05, 3.63) is 29.3 Å². The van der Waals surface area contributed by atoms with Crippen LogP contribution >= 0.6 is 15.4 Å². The average molecular weight is 681 g/mol. The fourth-order valence-corrected chi connectivity index (χ4v) is 11.1. The molecule has 46 heavy (non-hydrogen) atoms. The van der Waals surface area contributed by atoms with E-state index in [2.05, 4.69) is 29.9 Å². The number of nitrogens with two attached hydrogens (primary N) is 2. The molecule has 20 nitrogen and oxygen atoms in total. The number of imidazole rings is 2. The molecule has 1 aliphatic heterocycles. The summed E-state index contributed by atoms with van der Waals surface area (Å²) in [4.78, 5) is 58.1. The maximum Gasteiger partial charge on any atom is 0.472 e. The van der Waals surface area contributed by atoms with Crippen LogP contribution in [0.5, 0.6) is 0 Å². The lowest BCUT2D eigenvalue weighted by molar-refractivity contribution is -0.0376. The van der Waals surface area contributed by atoms with Crippen molar-refractivity contribution in [1.29, 1.82) is 0 Å². The van der Waals surface area contributed by atoms with E-state index in [4.69, 9.17) is 29.8 Å². The number of nitrogens with zero attached hydrogens (tertiary/aromatic N) is 7. The van der Waals surface area contributed by atoms with E-state index in [1.54, 1.807) is 4.57 Å². The zero-order chi connectivity index (χ0) is 32.3. The monoisotopic (exact) mass is 680 g/mol. The lowest BCUT2D eigenvalue weighted by Gasteiger charge is -2.33. The van der Waals surface area contributed by atoms with Crippen molar-refractivity contribution in [2.75, 3.05) is 31.8 Å². The Morgan fingerprint density at radius 3 is 2.63 bits per heavy atom. The van der Waals surface area contributed by atoms with Gasteiger partial charge in [0.05, 0.1) is 55.8 Å². The molecule has 4 aliphatic rings. The lowest BCUT2D eigenvalue weighted by Crippen LogP contribution is -2.39. The number of aromatic amines is 1. The fraction of sp³-hybridized carbons (Fsp3) is 0.583. The van der Waals surface area contributed by atoms with Gasteiger partial charge in [0.25, 0.3) is 5.56 Å². The summed E-state index contributed by atoms with van der Waals surface area (Å²) in [5.74, 6) is -1.17. The Kier molecular flexibility index (Phi) is 6.59. The van der Waals surface area contributed by atoms with E-state index in [-0.39, 0.29) is 42.4 Å². The van der Waals surface area contributed by atoms with Crippen LogP contribution in [0.15, 0.2) is 23.8 Å². The van der Waals surface area contributed by atoms with Crippen molar-refractivity contribution in [3.63, 3.8) is 0 Å². The maximum atomic E-state index is 14.1. The van der Waals surface area contributed by atoms with Crippen LogP contribution in [-0.4, -0.2) is 98.2 Å². The Morgan fingerprint density at radius 1 is 1.09 bits per heavy atom. The molecule has 0 amide bonds. The molecule has 3 saturated carbocycles. The minimum Gasteiger partial charge on any atom is -0.390 e. The Labute approximate surface area is 258 Å². The highest BCUT2D eigenvalue weighted by atomic mass is 31.2. The molecule has 3 aliphatic carbocycles. The SMILES string of the molecule is CO[C@@H]1[C@H]2COP(=O)(O)[C@H]3[C@@H](O)[C@H](n4cnc5c(N)ncnc54)[C@H]4CC43COP(=O)(O)O[C@H]1[C@H](n1cnc3c(=O)[nH]c(N)nc31)C2. The zero-order valence-electron chi connectivity index (χ0n) is 24.1. The van der Waals surface area contributed by atoms with Crippen molar-refractivity contribution in [3.8, 4) is 0 Å². The van der Waals surface area contributed by atoms with Crippen LogP contribution in [0.25, 0.3) is 22.3 Å². The number of nitrogens with one attached hydrogen (secondary N) is 1. The van der Waals surface area contributed by atoms with Gasteiger partial charge in [0.1, 0.15) is 17.9 Å². The molecule has 5 heterocycles. The standard InChI is InChI=1S/C24H30N10O10P2/c1-41-16-9-2-11(33-7-30-13-21(33)31-23(26)32-22(13)36)17(16)44-46(39,40)43-5-24-3-10(24)14(15(35)18(24)45(37,38)42-4-9)34-8-29-12-19(25)27-6-28-20(12)34/h6-11,14-18,35H,2-5H2,1H3,(H,37,38)(H,39,40)(H2,25,27,28)(H3,26,31,32,36)/t9-,10-,11-,14-,15+,16-,17+,18+,24?/m1/s1. The molecule has 1 spiro atoms. The van der Waals surface area contributed by atoms with E-state index >= 15 is 0 Å². The number of aliphatic hydroxyl groups is 1. The summed E-state index contributed by atoms with van der Waals surface area (Å²) >= 11 is 0. The second-order valence-corrected chi connectivity index (χ2v) is 15.6. The van der Waals surface area contributed by atoms with Crippen molar-refractivity contribution in [2.45, 2.75) is 48.9 Å². The van der Waals surface area contributed by atoms with Crippen molar-refractivity contribution in [1.82, 2.24) is 39.0 Å². The number of phosphoric ester groups is 1. The molecule has 4 fully saturated rings. The van der Waals surface area contributed by atoms with Gasteiger partial charge in [-0.15, -0.1) is 0 Å². The number of hydrogen-bond donors (Lipinski definition) is 6. The van der Waals surface area contributed by atoms with Crippen LogP contribution in [0.4, 0.5) is 11.8 Å². The number of hydrogen-bond acceptors (Lipinski definition) is 15. The highest BCUT2D eigenvalue weighted by molar-refractivity contribution is 7.53. The lowest BCUT2D eigenvalue weighted by atomic mass is 10.0. The molecule has 22 heteroatoms. The summed E-state index contributed by atoms with van der Waals surface area (Å²) in [5.41, 5.74) is 9.24. The molecule has 4 aromatic rings. The van der Waals surface area contributed by atoms with E-state index < -0.39 is 80.9 Å². The van der Waals surface area contributed by atoms with Gasteiger partial charge < -0.3 is 44.8 Å². The molecule has 2 bridgehead atoms. The van der Waals surface area contributed by atoms with E-state index in [9.17, 15) is 28.8 Å². The molecule has 8 rings (SSSR count). The van der Waals surface area contributed by atoms with Gasteiger partial charge in [0.15, 0.2) is 22.6 Å². The van der Waals surface area contributed by atoms with E-state index in [0.29, 0.717) is 11.2 Å². The molecule has 1 saturated heterocycles. The van der Waals surface area contributed by atoms with Crippen LogP contribution in [0, 0.1) is 17.3 Å². The van der Waals surface area contributed by atoms with Crippen molar-refractivity contribution < 1.29 is 42.3 Å². The molecule has 0 aromatic carbocycles. The maximum absolute atomic E-state index is 14.1. The zero-order valence-corrected chi connectivity index (χ0v) is 25.8. The number of fused-ring (bicyclic) bond motifs is 4. The smallest absolute Gasteiger partial charge is 0.390 e. The fourth-order valence-electron chi connectivity index (χ4n) is 7.94. The molecular formula is C24H30N10O10P2. The number of methoxy groups -OCH3 is 1. The number of aliphatic hydroxyl groups excluding tert-OH is 1. The third kappa shape index (κ3) is 4.33. The molecule has 0 radical (unpaired) electrons. The number of nitrogen functional groups attached to an aromatic ring is 2. The molecule has 11 atom stereocenters. The molecular weight excluding hydrogens is 650 g/mol. The van der Waals surface area contributed by atoms with Crippen LogP contribution in [0.2, 0.25) is 0 Å². The summed E-state index contributed by atoms with van der Waals surface area (Å²) in [7, 11) is -8.18. The van der Waals surface area contributed by atoms with Gasteiger partial charge in [-0.2, -0.15) is 4.98 Å². The predicted molar refractivity (Wildman–Crippen MR) is 156 cm³/mol. The van der Waals surface area contributed by atoms with Gasteiger partial charge in [0.2, 0.25) is 5.95 Å². The summed E-state index contributed by atoms with van der Waals surface area (Å²) in [6.45, 7) is -0.824. The topological polar surface area (TPSA) is 291 Å². The second-order valence-electron chi connectivity index (χ2n) is 12.3. The minimum atomic E-state index is -4.88. The van der Waals surface area contributed by atoms with E-state index in [1.807, 2.05) is 0 Å². The van der Waals surface area contributed by atoms with Crippen LogP contribution in [-0.2, 0) is 27.4 Å². The van der Waals surface area contributed by atoms with E-state index in [0.717, 1.165) is 0 Å². The first-order chi connectivity index (χ1) is 21.8. The number of rotatable bonds is 3. The van der Waals surface area contributed by atoms with Crippen LogP contribution < -0.4 is 17.0 Å². The van der Waals surface area contributed by atoms with Crippen molar-refractivity contribution in [2.24, 2.45) is 17.3 Å². The Balaban J connectivity index is 1.17. The molecule has 4 aromatic heterocycles. The Bertz CT molecular complexity index is 2040. The largest absolute Gasteiger partial charge is 0.472 e. The first kappa shape index (κ1) is 30.0. The summed E-state index contributed by atoms with van der Waals surface area (Å²) in [6.07, 6.45) is 0.845. The third-order valence-corrected chi connectivity index (χ3v) is 12.9.